The molecule has 2 N–H and O–H groups in total. The van der Waals surface area contributed by atoms with Gasteiger partial charge in [0.05, 0.1) is 43.5 Å². The van der Waals surface area contributed by atoms with Crippen LogP contribution in [0.3, 0.4) is 0 Å². The van der Waals surface area contributed by atoms with Crippen molar-refractivity contribution in [3.05, 3.63) is 97.1 Å². The summed E-state index contributed by atoms with van der Waals surface area (Å²) < 4.78 is 28.9. The Balaban J connectivity index is -0.0000000217. The van der Waals surface area contributed by atoms with E-state index in [2.05, 4.69) is 29.5 Å². The molecule has 4 aromatic heterocycles. The first kappa shape index (κ1) is 50.3. The summed E-state index contributed by atoms with van der Waals surface area (Å²) in [4.78, 5) is 27.6. The van der Waals surface area contributed by atoms with Crippen molar-refractivity contribution >= 4 is 18.9 Å². The number of ether oxygens (including phenoxy) is 2. The summed E-state index contributed by atoms with van der Waals surface area (Å²) in [5, 5.41) is 16.9. The molecule has 6 rings (SSSR count). The van der Waals surface area contributed by atoms with E-state index < -0.39 is 0 Å². The monoisotopic (exact) mass is 738 g/mol. The highest BCUT2D eigenvalue weighted by Gasteiger charge is 2.07. The maximum absolute atomic E-state index is 10.0. The van der Waals surface area contributed by atoms with E-state index in [1.807, 2.05) is 45.0 Å². The molecule has 0 saturated carbocycles. The van der Waals surface area contributed by atoms with Crippen LogP contribution < -0.4 is 0 Å². The van der Waals surface area contributed by atoms with Gasteiger partial charge in [0.25, 0.3) is 0 Å². The molecule has 50 heavy (non-hydrogen) atoms. The predicted octanol–water partition coefficient (Wildman–Crippen LogP) is 12.9. The number of ketones is 1. The van der Waals surface area contributed by atoms with Crippen LogP contribution in [0.2, 0.25) is 0 Å². The van der Waals surface area contributed by atoms with Crippen molar-refractivity contribution in [1.82, 2.24) is 0 Å². The number of Topliss-reactive ketones (excluding diaryl/α,β-unsaturated/α-hetero) is 1. The molecule has 0 bridgehead atoms. The zero-order valence-corrected chi connectivity index (χ0v) is 30.9. The van der Waals surface area contributed by atoms with Crippen LogP contribution >= 0.6 is 0 Å². The van der Waals surface area contributed by atoms with Gasteiger partial charge < -0.3 is 46.9 Å². The third-order valence-electron chi connectivity index (χ3n) is 5.78. The summed E-state index contributed by atoms with van der Waals surface area (Å²) >= 11 is 0. The standard InChI is InChI=1S/C5H6O2.C5H4O2.C5H10O.C5H6O.C5H12O.C5H10O.C4H8O.C4H4O.CHO.16H2/c2*6-4-5-2-1-3-7-5;2*1-5-3-2-4-6-5;2*1-3-4-5(2)6;2*1-2-4-5-3-1;1-2;;;;;;;;;;;;;;;;/h1-3,6H,4H2;1-4H;5H,2-4H2,1H3;2-4H,1H3;5-6H,3-4H2,1-2H3;3-4H2,1-2H3;1-4H2;1-4H;1H;16*1H/q;;;;;;;;-1;;;;;;;;;;;;;;;;. The summed E-state index contributed by atoms with van der Waals surface area (Å²) in [5.41, 5.74) is 0. The molecule has 0 radical (unpaired) electrons. The van der Waals surface area contributed by atoms with Gasteiger partial charge in [-0.25, -0.2) is 0 Å². The van der Waals surface area contributed by atoms with Crippen molar-refractivity contribution in [3.63, 3.8) is 0 Å². The number of rotatable bonds is 6. The van der Waals surface area contributed by atoms with Gasteiger partial charge >= 0.3 is 0 Å². The number of hydrogen-bond acceptors (Lipinski definition) is 11. The molecule has 0 aromatic carbocycles. The van der Waals surface area contributed by atoms with Gasteiger partial charge in [0.15, 0.2) is 12.0 Å². The highest BCUT2D eigenvalue weighted by molar-refractivity contribution is 5.75. The Labute approximate surface area is 322 Å². The van der Waals surface area contributed by atoms with Gasteiger partial charge in [-0.3, -0.25) is 11.6 Å². The molecule has 2 unspecified atom stereocenters. The van der Waals surface area contributed by atoms with Crippen molar-refractivity contribution in [2.24, 2.45) is 0 Å². The van der Waals surface area contributed by atoms with E-state index >= 15 is 0 Å². The number of carbonyl (C=O) groups excluding carboxylic acids is 3. The highest BCUT2D eigenvalue weighted by Crippen LogP contribution is 2.09. The summed E-state index contributed by atoms with van der Waals surface area (Å²) in [6, 6.07) is 14.2. The summed E-state index contributed by atoms with van der Waals surface area (Å²) in [7, 11) is 0. The fraction of sp³-hybridized carbons (Fsp3) is 0.513. The minimum atomic E-state index is -0.102. The fourth-order valence-electron chi connectivity index (χ4n) is 3.37. The van der Waals surface area contributed by atoms with Crippen molar-refractivity contribution in [1.29, 1.82) is 0 Å². The lowest BCUT2D eigenvalue weighted by Crippen LogP contribution is -1.95. The Morgan fingerprint density at radius 3 is 1.66 bits per heavy atom. The van der Waals surface area contributed by atoms with Gasteiger partial charge in [-0.15, -0.1) is 0 Å². The highest BCUT2D eigenvalue weighted by atomic mass is 16.5. The number of furan rings is 4. The number of hydrogen-bond donors (Lipinski definition) is 2. The molecule has 2 atom stereocenters. The van der Waals surface area contributed by atoms with Crippen molar-refractivity contribution in [3.8, 4) is 0 Å². The minimum absolute atomic E-state index is 0. The predicted molar refractivity (Wildman–Crippen MR) is 228 cm³/mol. The van der Waals surface area contributed by atoms with Crippen LogP contribution in [-0.4, -0.2) is 61.1 Å². The van der Waals surface area contributed by atoms with Crippen LogP contribution in [0.5, 0.6) is 0 Å². The Bertz CT molecular complexity index is 1140. The van der Waals surface area contributed by atoms with E-state index in [1.165, 1.54) is 38.2 Å². The molecule has 316 valence electrons. The van der Waals surface area contributed by atoms with Gasteiger partial charge in [-0.05, 0) is 115 Å². The number of aldehydes is 1. The first-order chi connectivity index (χ1) is 24.2. The third kappa shape index (κ3) is 42.0. The van der Waals surface area contributed by atoms with Crippen LogP contribution in [0.4, 0.5) is 0 Å². The van der Waals surface area contributed by atoms with Gasteiger partial charge in [0.1, 0.15) is 23.9 Å². The Hall–Kier alpha value is -4.03. The molecule has 4 aromatic rings. The zero-order chi connectivity index (χ0) is 38.1. The molecule has 0 aliphatic carbocycles. The third-order valence-corrected chi connectivity index (χ3v) is 5.78. The van der Waals surface area contributed by atoms with Crippen LogP contribution in [0.25, 0.3) is 0 Å². The van der Waals surface area contributed by atoms with Crippen LogP contribution in [0.1, 0.15) is 131 Å². The molecular weight excluding hydrogens is 644 g/mol. The fourth-order valence-corrected chi connectivity index (χ4v) is 3.37. The lowest BCUT2D eigenvalue weighted by Gasteiger charge is -1.95. The molecule has 2 fully saturated rings. The van der Waals surface area contributed by atoms with Gasteiger partial charge in [-0.2, -0.15) is 0 Å². The van der Waals surface area contributed by atoms with E-state index in [1.54, 1.807) is 50.0 Å². The average molecular weight is 738 g/mol. The largest absolute Gasteiger partial charge is 0.545 e. The molecule has 2 aliphatic heterocycles. The average Bonchev–Trinajstić information content (AvgIpc) is 3.96. The van der Waals surface area contributed by atoms with Crippen LogP contribution in [-0.2, 0) is 25.7 Å². The second kappa shape index (κ2) is 41.1. The molecule has 0 spiro atoms. The first-order valence-corrected chi connectivity index (χ1v) is 16.9. The lowest BCUT2D eigenvalue weighted by atomic mass is 10.2. The number of aliphatic hydroxyl groups excluding tert-OH is 2. The summed E-state index contributed by atoms with van der Waals surface area (Å²) in [6.45, 7) is 17.8. The van der Waals surface area contributed by atoms with Gasteiger partial charge in [0.2, 0.25) is 0 Å². The van der Waals surface area contributed by atoms with E-state index in [4.69, 9.17) is 33.3 Å². The van der Waals surface area contributed by atoms with Crippen LogP contribution in [0.15, 0.2) is 97.5 Å². The molecule has 11 heteroatoms. The number of aliphatic hydroxyl groups is 2. The van der Waals surface area contributed by atoms with Crippen molar-refractivity contribution < 1.29 is 74.6 Å². The maximum Gasteiger partial charge on any atom is 0.185 e. The summed E-state index contributed by atoms with van der Waals surface area (Å²) in [5.74, 6) is 2.24. The Kier molecular flexibility index (Phi) is 41.4. The topological polar surface area (TPSA) is 163 Å². The van der Waals surface area contributed by atoms with Crippen molar-refractivity contribution in [2.45, 2.75) is 112 Å². The van der Waals surface area contributed by atoms with E-state index in [9.17, 15) is 9.59 Å². The molecule has 6 heterocycles. The van der Waals surface area contributed by atoms with Gasteiger partial charge in [0, 0.05) is 49.1 Å². The molecule has 0 amide bonds. The maximum atomic E-state index is 10.0. The van der Waals surface area contributed by atoms with E-state index in [0.29, 0.717) is 23.9 Å². The second-order valence-corrected chi connectivity index (χ2v) is 10.6. The SMILES string of the molecule is C1CCOC1.CC1CCCO1.CCCC(C)=O.CCCC(C)O.Cc1ccco1.O=Cc1ccco1.OCc1ccco1.[CH-]=O.[HH].[HH].[HH].[HH].[HH].[HH].[HH].[HH].[HH].[HH].[HH].[HH].[HH].[HH].[HH].[HH].c1ccoc1. The molecule has 11 nitrogen and oxygen atoms in total. The summed E-state index contributed by atoms with van der Waals surface area (Å²) in [6.07, 6.45) is 17.8. The minimum Gasteiger partial charge on any atom is -0.545 e. The Morgan fingerprint density at radius 1 is 0.900 bits per heavy atom. The smallest absolute Gasteiger partial charge is 0.185 e. The van der Waals surface area contributed by atoms with E-state index in [0.717, 1.165) is 51.3 Å². The quantitative estimate of drug-likeness (QED) is 0.143. The molecule has 2 saturated heterocycles. The Morgan fingerprint density at radius 2 is 1.50 bits per heavy atom. The second-order valence-electron chi connectivity index (χ2n) is 10.6. The van der Waals surface area contributed by atoms with Crippen molar-refractivity contribution in [2.75, 3.05) is 19.8 Å². The van der Waals surface area contributed by atoms with Crippen LogP contribution in [0, 0.1) is 6.92 Å². The van der Waals surface area contributed by atoms with Gasteiger partial charge in [-0.1, -0.05) is 20.3 Å². The molecule has 2 aliphatic rings. The number of carbonyl (C=O) groups is 2. The number of aryl methyl sites for hydroxylation is 1. The molecular formula is C39H93O11-. The zero-order valence-electron chi connectivity index (χ0n) is 30.9. The first-order valence-electron chi connectivity index (χ1n) is 16.9. The lowest BCUT2D eigenvalue weighted by molar-refractivity contribution is -0.117. The normalized spacial score (nSPS) is 13.7. The van der Waals surface area contributed by atoms with E-state index in [-0.39, 0.29) is 41.3 Å².